The van der Waals surface area contributed by atoms with Crippen LogP contribution in [-0.4, -0.2) is 36.8 Å². The molecule has 0 amide bonds. The van der Waals surface area contributed by atoms with E-state index in [0.717, 1.165) is 19.3 Å². The zero-order valence-electron chi connectivity index (χ0n) is 11.1. The van der Waals surface area contributed by atoms with Crippen LogP contribution < -0.4 is 10.5 Å². The Balaban J connectivity index is 2.65. The first-order valence-corrected chi connectivity index (χ1v) is 8.28. The minimum Gasteiger partial charge on any atom is -0.392 e. The summed E-state index contributed by atoms with van der Waals surface area (Å²) in [5.74, 6) is 0.596. The molecule has 0 saturated carbocycles. The Labute approximate surface area is 115 Å². The van der Waals surface area contributed by atoms with Gasteiger partial charge in [-0.25, -0.2) is 0 Å². The second-order valence-corrected chi connectivity index (χ2v) is 7.12. The first-order chi connectivity index (χ1) is 8.36. The summed E-state index contributed by atoms with van der Waals surface area (Å²) in [5, 5.41) is 0. The monoisotopic (exact) mass is 293 g/mol. The molecule has 1 saturated heterocycles. The van der Waals surface area contributed by atoms with Crippen molar-refractivity contribution in [3.05, 3.63) is 0 Å². The summed E-state index contributed by atoms with van der Waals surface area (Å²) in [4.78, 5) is 0.214. The van der Waals surface area contributed by atoms with Crippen LogP contribution in [0.15, 0.2) is 0 Å². The van der Waals surface area contributed by atoms with Crippen molar-refractivity contribution in [2.24, 2.45) is 11.7 Å². The molecule has 0 aromatic carbocycles. The maximum absolute atomic E-state index is 12.2. The lowest BCUT2D eigenvalue weighted by atomic mass is 10.0. The normalized spacial score (nSPS) is 20.8. The molecule has 1 unspecified atom stereocenters. The van der Waals surface area contributed by atoms with E-state index in [1.165, 1.54) is 4.31 Å². The number of hydrogen-bond donors (Lipinski definition) is 2. The number of nitrogens with zero attached hydrogens (tertiary/aromatic N) is 1. The highest BCUT2D eigenvalue weighted by molar-refractivity contribution is 7.87. The van der Waals surface area contributed by atoms with E-state index >= 15 is 0 Å². The Kier molecular flexibility index (Phi) is 5.97. The fourth-order valence-electron chi connectivity index (χ4n) is 2.03. The van der Waals surface area contributed by atoms with Crippen LogP contribution in [0.25, 0.3) is 0 Å². The van der Waals surface area contributed by atoms with Gasteiger partial charge in [0.15, 0.2) is 0 Å². The van der Waals surface area contributed by atoms with E-state index in [1.807, 2.05) is 6.92 Å². The summed E-state index contributed by atoms with van der Waals surface area (Å²) in [6.45, 7) is 5.27. The van der Waals surface area contributed by atoms with Gasteiger partial charge in [-0.1, -0.05) is 32.5 Å². The predicted molar refractivity (Wildman–Crippen MR) is 77.5 cm³/mol. The summed E-state index contributed by atoms with van der Waals surface area (Å²) >= 11 is 4.90. The molecule has 0 aliphatic carbocycles. The minimum atomic E-state index is -3.46. The molecule has 0 aromatic rings. The van der Waals surface area contributed by atoms with Crippen LogP contribution in [0.1, 0.15) is 39.5 Å². The van der Waals surface area contributed by atoms with E-state index in [1.54, 1.807) is 0 Å². The molecule has 18 heavy (non-hydrogen) atoms. The zero-order chi connectivity index (χ0) is 13.8. The lowest BCUT2D eigenvalue weighted by molar-refractivity contribution is 0.284. The number of nitrogens with one attached hydrogen (secondary N) is 1. The second kappa shape index (κ2) is 6.79. The average Bonchev–Trinajstić information content (AvgIpc) is 2.28. The van der Waals surface area contributed by atoms with Crippen molar-refractivity contribution < 1.29 is 8.42 Å². The van der Waals surface area contributed by atoms with E-state index in [0.29, 0.717) is 25.4 Å². The fraction of sp³-hybridized carbons (Fsp3) is 0.909. The highest BCUT2D eigenvalue weighted by Crippen LogP contribution is 2.18. The second-order valence-electron chi connectivity index (χ2n) is 4.95. The Morgan fingerprint density at radius 2 is 2.06 bits per heavy atom. The summed E-state index contributed by atoms with van der Waals surface area (Å²) in [7, 11) is -3.46. The van der Waals surface area contributed by atoms with Crippen molar-refractivity contribution in [1.29, 1.82) is 0 Å². The number of piperidine rings is 1. The molecule has 106 valence electrons. The van der Waals surface area contributed by atoms with Crippen LogP contribution >= 0.6 is 12.2 Å². The van der Waals surface area contributed by atoms with E-state index in [4.69, 9.17) is 18.0 Å². The van der Waals surface area contributed by atoms with Gasteiger partial charge < -0.3 is 5.73 Å². The number of nitrogens with two attached hydrogens (primary N) is 1. The van der Waals surface area contributed by atoms with Crippen LogP contribution in [-0.2, 0) is 10.2 Å². The highest BCUT2D eigenvalue weighted by Gasteiger charge is 2.28. The molecule has 1 aliphatic heterocycles. The minimum absolute atomic E-state index is 0.214. The van der Waals surface area contributed by atoms with E-state index < -0.39 is 16.3 Å². The third kappa shape index (κ3) is 4.46. The van der Waals surface area contributed by atoms with Crippen LogP contribution in [0.3, 0.4) is 0 Å². The topological polar surface area (TPSA) is 75.4 Å². The van der Waals surface area contributed by atoms with E-state index in [9.17, 15) is 8.42 Å². The maximum atomic E-state index is 12.2. The predicted octanol–water partition coefficient (Wildman–Crippen LogP) is 1.01. The summed E-state index contributed by atoms with van der Waals surface area (Å²) in [6.07, 6.45) is 3.29. The molecule has 0 aromatic heterocycles. The Bertz CT molecular complexity index is 376. The standard InChI is InChI=1S/C11H23N3O2S2/c1-3-4-10(11(12)17)13-18(15,16)14-7-5-9(2)6-8-14/h9-10,13H,3-8H2,1-2H3,(H2,12,17). The van der Waals surface area contributed by atoms with Crippen molar-refractivity contribution in [3.8, 4) is 0 Å². The van der Waals surface area contributed by atoms with Crippen molar-refractivity contribution in [3.63, 3.8) is 0 Å². The molecule has 1 atom stereocenters. The van der Waals surface area contributed by atoms with Gasteiger partial charge in [0.05, 0.1) is 11.0 Å². The lowest BCUT2D eigenvalue weighted by Crippen LogP contribution is -2.51. The molecule has 0 radical (unpaired) electrons. The molecule has 0 spiro atoms. The van der Waals surface area contributed by atoms with Crippen LogP contribution in [0.4, 0.5) is 0 Å². The smallest absolute Gasteiger partial charge is 0.280 e. The Morgan fingerprint density at radius 1 is 1.50 bits per heavy atom. The van der Waals surface area contributed by atoms with Gasteiger partial charge in [-0.3, -0.25) is 0 Å². The third-order valence-corrected chi connectivity index (χ3v) is 5.21. The molecule has 1 fully saturated rings. The fourth-order valence-corrected chi connectivity index (χ4v) is 3.72. The van der Waals surface area contributed by atoms with Gasteiger partial charge in [0.2, 0.25) is 0 Å². The van der Waals surface area contributed by atoms with Gasteiger partial charge >= 0.3 is 0 Å². The molecule has 1 aliphatic rings. The van der Waals surface area contributed by atoms with Gasteiger partial charge in [-0.15, -0.1) is 0 Å². The largest absolute Gasteiger partial charge is 0.392 e. The SMILES string of the molecule is CCCC(NS(=O)(=O)N1CCC(C)CC1)C(N)=S. The summed E-state index contributed by atoms with van der Waals surface area (Å²) in [5.41, 5.74) is 5.57. The van der Waals surface area contributed by atoms with Crippen molar-refractivity contribution in [2.45, 2.75) is 45.6 Å². The molecular weight excluding hydrogens is 270 g/mol. The maximum Gasteiger partial charge on any atom is 0.280 e. The molecule has 1 heterocycles. The van der Waals surface area contributed by atoms with Crippen LogP contribution in [0, 0.1) is 5.92 Å². The summed E-state index contributed by atoms with van der Waals surface area (Å²) in [6, 6.07) is -0.436. The van der Waals surface area contributed by atoms with Crippen molar-refractivity contribution in [2.75, 3.05) is 13.1 Å². The van der Waals surface area contributed by atoms with Gasteiger partial charge in [-0.05, 0) is 25.2 Å². The molecule has 3 N–H and O–H groups in total. The third-order valence-electron chi connectivity index (χ3n) is 3.29. The van der Waals surface area contributed by atoms with E-state index in [-0.39, 0.29) is 4.99 Å². The van der Waals surface area contributed by atoms with Crippen LogP contribution in [0.5, 0.6) is 0 Å². The summed E-state index contributed by atoms with van der Waals surface area (Å²) < 4.78 is 28.5. The quantitative estimate of drug-likeness (QED) is 0.717. The lowest BCUT2D eigenvalue weighted by Gasteiger charge is -2.30. The first-order valence-electron chi connectivity index (χ1n) is 6.43. The molecule has 0 bridgehead atoms. The molecule has 7 heteroatoms. The zero-order valence-corrected chi connectivity index (χ0v) is 12.7. The van der Waals surface area contributed by atoms with Crippen molar-refractivity contribution >= 4 is 27.4 Å². The first kappa shape index (κ1) is 15.8. The Hall–Kier alpha value is -0.240. The van der Waals surface area contributed by atoms with Crippen LogP contribution in [0.2, 0.25) is 0 Å². The number of thiocarbonyl (C=S) groups is 1. The molecular formula is C11H23N3O2S2. The van der Waals surface area contributed by atoms with Gasteiger partial charge in [0.1, 0.15) is 0 Å². The van der Waals surface area contributed by atoms with Gasteiger partial charge in [0.25, 0.3) is 10.2 Å². The molecule has 5 nitrogen and oxygen atoms in total. The highest BCUT2D eigenvalue weighted by atomic mass is 32.2. The number of rotatable bonds is 6. The molecule has 1 rings (SSSR count). The average molecular weight is 293 g/mol. The van der Waals surface area contributed by atoms with Gasteiger partial charge in [-0.2, -0.15) is 17.4 Å². The van der Waals surface area contributed by atoms with Crippen molar-refractivity contribution in [1.82, 2.24) is 9.03 Å². The Morgan fingerprint density at radius 3 is 2.50 bits per heavy atom. The number of hydrogen-bond acceptors (Lipinski definition) is 3. The van der Waals surface area contributed by atoms with E-state index in [2.05, 4.69) is 11.6 Å². The van der Waals surface area contributed by atoms with Gasteiger partial charge in [0, 0.05) is 13.1 Å².